The van der Waals surface area contributed by atoms with Crippen LogP contribution in [-0.2, 0) is 12.8 Å². The smallest absolute Gasteiger partial charge is 0.191 e. The van der Waals surface area contributed by atoms with Crippen molar-refractivity contribution in [3.63, 3.8) is 0 Å². The first-order valence-electron chi connectivity index (χ1n) is 7.48. The first-order valence-corrected chi connectivity index (χ1v) is 8.46. The minimum absolute atomic E-state index is 0.662. The standard InChI is InChI=1S/C17H19N3O2S/c1-4-21-15-8-6-5-7-13(15)11-23-17-19-18-16(20(17)3)14-9-10-22-12(14)2/h5-10H,4,11H2,1-3H3. The van der Waals surface area contributed by atoms with Gasteiger partial charge in [-0.25, -0.2) is 0 Å². The number of thioether (sulfide) groups is 1. The summed E-state index contributed by atoms with van der Waals surface area (Å²) >= 11 is 1.64. The molecule has 0 aliphatic rings. The molecule has 0 aliphatic heterocycles. The van der Waals surface area contributed by atoms with E-state index in [2.05, 4.69) is 16.3 Å². The summed E-state index contributed by atoms with van der Waals surface area (Å²) in [6.07, 6.45) is 1.67. The average molecular weight is 329 g/mol. The maximum atomic E-state index is 5.67. The molecule has 0 radical (unpaired) electrons. The Morgan fingerprint density at radius 3 is 2.78 bits per heavy atom. The highest BCUT2D eigenvalue weighted by Gasteiger charge is 2.15. The molecule has 0 bridgehead atoms. The van der Waals surface area contributed by atoms with Gasteiger partial charge in [0.25, 0.3) is 0 Å². The van der Waals surface area contributed by atoms with Gasteiger partial charge >= 0.3 is 0 Å². The molecule has 0 saturated carbocycles. The maximum absolute atomic E-state index is 5.67. The van der Waals surface area contributed by atoms with Crippen molar-refractivity contribution in [1.29, 1.82) is 0 Å². The summed E-state index contributed by atoms with van der Waals surface area (Å²) in [6.45, 7) is 4.58. The van der Waals surface area contributed by atoms with Crippen LogP contribution in [-0.4, -0.2) is 21.4 Å². The minimum Gasteiger partial charge on any atom is -0.494 e. The number of furan rings is 1. The third kappa shape index (κ3) is 3.27. The lowest BCUT2D eigenvalue weighted by atomic mass is 10.2. The molecule has 3 rings (SSSR count). The summed E-state index contributed by atoms with van der Waals surface area (Å²) < 4.78 is 13.0. The number of para-hydroxylation sites is 1. The van der Waals surface area contributed by atoms with Gasteiger partial charge in [0.2, 0.25) is 0 Å². The van der Waals surface area contributed by atoms with Crippen LogP contribution in [0.4, 0.5) is 0 Å². The minimum atomic E-state index is 0.662. The lowest BCUT2D eigenvalue weighted by Gasteiger charge is -2.09. The third-order valence-corrected chi connectivity index (χ3v) is 4.63. The number of nitrogens with zero attached hydrogens (tertiary/aromatic N) is 3. The molecule has 2 heterocycles. The van der Waals surface area contributed by atoms with Crippen LogP contribution in [0.25, 0.3) is 11.4 Å². The predicted molar refractivity (Wildman–Crippen MR) is 90.6 cm³/mol. The topological polar surface area (TPSA) is 53.1 Å². The molecular formula is C17H19N3O2S. The van der Waals surface area contributed by atoms with Gasteiger partial charge in [0, 0.05) is 18.4 Å². The molecule has 0 spiro atoms. The molecule has 0 atom stereocenters. The molecule has 0 fully saturated rings. The van der Waals surface area contributed by atoms with E-state index in [1.807, 2.05) is 49.7 Å². The molecule has 6 heteroatoms. The molecule has 0 aliphatic carbocycles. The Morgan fingerprint density at radius 1 is 1.22 bits per heavy atom. The second-order valence-electron chi connectivity index (χ2n) is 5.09. The van der Waals surface area contributed by atoms with E-state index in [-0.39, 0.29) is 0 Å². The van der Waals surface area contributed by atoms with Gasteiger partial charge in [-0.3, -0.25) is 0 Å². The Morgan fingerprint density at radius 2 is 2.04 bits per heavy atom. The van der Waals surface area contributed by atoms with Crippen LogP contribution in [0.3, 0.4) is 0 Å². The van der Waals surface area contributed by atoms with Crippen LogP contribution in [0.15, 0.2) is 46.2 Å². The molecule has 23 heavy (non-hydrogen) atoms. The van der Waals surface area contributed by atoms with E-state index in [0.717, 1.165) is 39.4 Å². The average Bonchev–Trinajstić information content (AvgIpc) is 3.12. The lowest BCUT2D eigenvalue weighted by molar-refractivity contribution is 0.337. The number of benzene rings is 1. The maximum Gasteiger partial charge on any atom is 0.191 e. The Labute approximate surface area is 139 Å². The Bertz CT molecular complexity index is 795. The number of aromatic nitrogens is 3. The summed E-state index contributed by atoms with van der Waals surface area (Å²) in [5.74, 6) is 3.37. The highest BCUT2D eigenvalue weighted by molar-refractivity contribution is 7.98. The molecule has 2 aromatic heterocycles. The second kappa shape index (κ2) is 6.91. The van der Waals surface area contributed by atoms with Crippen LogP contribution in [0.1, 0.15) is 18.2 Å². The van der Waals surface area contributed by atoms with Crippen molar-refractivity contribution in [2.45, 2.75) is 24.8 Å². The number of hydrogen-bond acceptors (Lipinski definition) is 5. The number of rotatable bonds is 6. The highest BCUT2D eigenvalue weighted by Crippen LogP contribution is 2.30. The molecule has 5 nitrogen and oxygen atoms in total. The third-order valence-electron chi connectivity index (χ3n) is 3.56. The molecule has 1 aromatic carbocycles. The lowest BCUT2D eigenvalue weighted by Crippen LogP contribution is -1.97. The van der Waals surface area contributed by atoms with Crippen LogP contribution in [0.5, 0.6) is 5.75 Å². The van der Waals surface area contributed by atoms with Crippen molar-refractivity contribution < 1.29 is 9.15 Å². The van der Waals surface area contributed by atoms with Gasteiger partial charge in [-0.15, -0.1) is 10.2 Å². The van der Waals surface area contributed by atoms with Crippen molar-refractivity contribution in [2.24, 2.45) is 7.05 Å². The van der Waals surface area contributed by atoms with Crippen molar-refractivity contribution in [1.82, 2.24) is 14.8 Å². The van der Waals surface area contributed by atoms with Gasteiger partial charge in [-0.2, -0.15) is 0 Å². The fourth-order valence-corrected chi connectivity index (χ4v) is 3.26. The van der Waals surface area contributed by atoms with Crippen molar-refractivity contribution in [3.05, 3.63) is 47.9 Å². The Balaban J connectivity index is 1.78. The number of hydrogen-bond donors (Lipinski definition) is 0. The van der Waals surface area contributed by atoms with Crippen LogP contribution in [0.2, 0.25) is 0 Å². The van der Waals surface area contributed by atoms with E-state index in [9.17, 15) is 0 Å². The van der Waals surface area contributed by atoms with Crippen molar-refractivity contribution in [2.75, 3.05) is 6.61 Å². The van der Waals surface area contributed by atoms with E-state index in [0.29, 0.717) is 6.61 Å². The molecule has 0 unspecified atom stereocenters. The van der Waals surface area contributed by atoms with E-state index in [4.69, 9.17) is 9.15 Å². The van der Waals surface area contributed by atoms with Gasteiger partial charge in [0.05, 0.1) is 18.4 Å². The molecule has 120 valence electrons. The normalized spacial score (nSPS) is 10.9. The molecule has 3 aromatic rings. The van der Waals surface area contributed by atoms with E-state index in [1.165, 1.54) is 0 Å². The summed E-state index contributed by atoms with van der Waals surface area (Å²) in [7, 11) is 1.97. The van der Waals surface area contributed by atoms with Crippen LogP contribution in [0, 0.1) is 6.92 Å². The summed E-state index contributed by atoms with van der Waals surface area (Å²) in [4.78, 5) is 0. The summed E-state index contributed by atoms with van der Waals surface area (Å²) in [5.41, 5.74) is 2.13. The van der Waals surface area contributed by atoms with Crippen LogP contribution < -0.4 is 4.74 Å². The van der Waals surface area contributed by atoms with Gasteiger partial charge in [0.15, 0.2) is 11.0 Å². The van der Waals surface area contributed by atoms with E-state index < -0.39 is 0 Å². The van der Waals surface area contributed by atoms with Gasteiger partial charge in [-0.1, -0.05) is 30.0 Å². The van der Waals surface area contributed by atoms with E-state index in [1.54, 1.807) is 18.0 Å². The zero-order valence-electron chi connectivity index (χ0n) is 13.4. The molecular weight excluding hydrogens is 310 g/mol. The highest BCUT2D eigenvalue weighted by atomic mass is 32.2. The molecule has 0 saturated heterocycles. The van der Waals surface area contributed by atoms with Crippen molar-refractivity contribution in [3.8, 4) is 17.1 Å². The first kappa shape index (κ1) is 15.7. The Kier molecular flexibility index (Phi) is 4.71. The zero-order chi connectivity index (χ0) is 16.2. The summed E-state index contributed by atoms with van der Waals surface area (Å²) in [6, 6.07) is 10.0. The zero-order valence-corrected chi connectivity index (χ0v) is 14.3. The van der Waals surface area contributed by atoms with Gasteiger partial charge < -0.3 is 13.7 Å². The van der Waals surface area contributed by atoms with Gasteiger partial charge in [0.1, 0.15) is 11.5 Å². The largest absolute Gasteiger partial charge is 0.494 e. The quantitative estimate of drug-likeness (QED) is 0.638. The SMILES string of the molecule is CCOc1ccccc1CSc1nnc(-c2ccoc2C)n1C. The second-order valence-corrected chi connectivity index (χ2v) is 6.03. The first-order chi connectivity index (χ1) is 11.2. The monoisotopic (exact) mass is 329 g/mol. The number of ether oxygens (including phenoxy) is 1. The fourth-order valence-electron chi connectivity index (χ4n) is 2.35. The van der Waals surface area contributed by atoms with Crippen molar-refractivity contribution >= 4 is 11.8 Å². The van der Waals surface area contributed by atoms with E-state index >= 15 is 0 Å². The fraction of sp³-hybridized carbons (Fsp3) is 0.294. The van der Waals surface area contributed by atoms with Gasteiger partial charge in [-0.05, 0) is 26.0 Å². The molecule has 0 N–H and O–H groups in total. The molecule has 0 amide bonds. The van der Waals surface area contributed by atoms with Crippen LogP contribution >= 0.6 is 11.8 Å². The Hall–Kier alpha value is -2.21. The summed E-state index contributed by atoms with van der Waals surface area (Å²) in [5, 5.41) is 9.46. The number of aryl methyl sites for hydroxylation is 1. The predicted octanol–water partition coefficient (Wildman–Crippen LogP) is 4.07.